The van der Waals surface area contributed by atoms with Gasteiger partial charge in [-0.2, -0.15) is 0 Å². The second kappa shape index (κ2) is 4.35. The van der Waals surface area contributed by atoms with Gasteiger partial charge in [-0.15, -0.1) is 0 Å². The van der Waals surface area contributed by atoms with Crippen LogP contribution in [-0.2, 0) is 9.53 Å². The summed E-state index contributed by atoms with van der Waals surface area (Å²) >= 11 is 0. The molecule has 2 rings (SSSR count). The van der Waals surface area contributed by atoms with E-state index in [4.69, 9.17) is 4.74 Å². The smallest absolute Gasteiger partial charge is 0.333 e. The van der Waals surface area contributed by atoms with E-state index in [9.17, 15) is 4.79 Å². The Morgan fingerprint density at radius 2 is 2.20 bits per heavy atom. The van der Waals surface area contributed by atoms with Crippen LogP contribution >= 0.6 is 0 Å². The van der Waals surface area contributed by atoms with Crippen LogP contribution in [0.1, 0.15) is 25.7 Å². The van der Waals surface area contributed by atoms with Crippen LogP contribution in [0.3, 0.4) is 0 Å². The highest BCUT2D eigenvalue weighted by Crippen LogP contribution is 2.37. The topological polar surface area (TPSA) is 29.5 Å². The van der Waals surface area contributed by atoms with Crippen LogP contribution in [-0.4, -0.2) is 38.1 Å². The molecule has 0 spiro atoms. The van der Waals surface area contributed by atoms with Gasteiger partial charge in [0, 0.05) is 18.7 Å². The summed E-state index contributed by atoms with van der Waals surface area (Å²) in [6.07, 6.45) is 4.68. The molecule has 0 amide bonds. The predicted octanol–water partition coefficient (Wildman–Crippen LogP) is 1.59. The van der Waals surface area contributed by atoms with Crippen molar-refractivity contribution in [2.24, 2.45) is 5.92 Å². The maximum Gasteiger partial charge on any atom is 0.333 e. The average molecular weight is 209 g/mol. The molecule has 1 fully saturated rings. The highest BCUT2D eigenvalue weighted by Gasteiger charge is 2.30. The molecular weight excluding hydrogens is 190 g/mol. The summed E-state index contributed by atoms with van der Waals surface area (Å²) in [6, 6.07) is 0. The summed E-state index contributed by atoms with van der Waals surface area (Å²) in [5.41, 5.74) is 2.31. The first-order valence-corrected chi connectivity index (χ1v) is 5.71. The third-order valence-electron chi connectivity index (χ3n) is 3.60. The molecule has 0 aromatic heterocycles. The lowest BCUT2D eigenvalue weighted by molar-refractivity contribution is -0.136. The molecule has 1 heterocycles. The minimum absolute atomic E-state index is 0.106. The lowest BCUT2D eigenvalue weighted by atomic mass is 9.76. The second-order valence-electron chi connectivity index (χ2n) is 4.61. The molecule has 0 atom stereocenters. The lowest BCUT2D eigenvalue weighted by Crippen LogP contribution is -2.34. The maximum atomic E-state index is 11.6. The molecule has 0 N–H and O–H groups in total. The van der Waals surface area contributed by atoms with Crippen molar-refractivity contribution in [3.05, 3.63) is 11.1 Å². The first-order chi connectivity index (χ1) is 7.22. The third-order valence-corrected chi connectivity index (χ3v) is 3.60. The van der Waals surface area contributed by atoms with Crippen LogP contribution in [0, 0.1) is 5.92 Å². The van der Waals surface area contributed by atoms with Crippen molar-refractivity contribution in [1.29, 1.82) is 0 Å². The van der Waals surface area contributed by atoms with Crippen LogP contribution in [0.4, 0.5) is 0 Å². The zero-order valence-corrected chi connectivity index (χ0v) is 9.58. The van der Waals surface area contributed by atoms with Gasteiger partial charge in [0.2, 0.25) is 0 Å². The van der Waals surface area contributed by atoms with E-state index in [0.717, 1.165) is 25.1 Å². The van der Waals surface area contributed by atoms with Crippen molar-refractivity contribution in [2.45, 2.75) is 25.7 Å². The third kappa shape index (κ3) is 2.07. The van der Waals surface area contributed by atoms with Crippen molar-refractivity contribution >= 4 is 5.97 Å². The summed E-state index contributed by atoms with van der Waals surface area (Å²) in [7, 11) is 3.60. The van der Waals surface area contributed by atoms with Crippen molar-refractivity contribution < 1.29 is 9.53 Å². The van der Waals surface area contributed by atoms with Gasteiger partial charge in [-0.1, -0.05) is 6.42 Å². The van der Waals surface area contributed by atoms with E-state index in [1.54, 1.807) is 0 Å². The van der Waals surface area contributed by atoms with Gasteiger partial charge in [0.1, 0.15) is 0 Å². The quantitative estimate of drug-likeness (QED) is 0.647. The minimum atomic E-state index is -0.106. The van der Waals surface area contributed by atoms with Gasteiger partial charge in [0.15, 0.2) is 0 Å². The van der Waals surface area contributed by atoms with Gasteiger partial charge >= 0.3 is 5.97 Å². The molecular formula is C12H19NO2. The molecule has 1 saturated carbocycles. The van der Waals surface area contributed by atoms with Gasteiger partial charge in [-0.05, 0) is 37.8 Å². The standard InChI is InChI=1S/C12H19NO2/c1-13-7-6-10(12(14)15-2)11(8-13)9-4-3-5-9/h9H,3-8H2,1-2H3. The summed E-state index contributed by atoms with van der Waals surface area (Å²) in [5.74, 6) is 0.548. The molecule has 84 valence electrons. The van der Waals surface area contributed by atoms with Gasteiger partial charge in [-0.3, -0.25) is 0 Å². The Bertz CT molecular complexity index is 292. The second-order valence-corrected chi connectivity index (χ2v) is 4.61. The van der Waals surface area contributed by atoms with Gasteiger partial charge < -0.3 is 9.64 Å². The van der Waals surface area contributed by atoms with Crippen molar-refractivity contribution in [2.75, 3.05) is 27.2 Å². The predicted molar refractivity (Wildman–Crippen MR) is 58.5 cm³/mol. The Morgan fingerprint density at radius 3 is 2.73 bits per heavy atom. The SMILES string of the molecule is COC(=O)C1=C(C2CCC2)CN(C)CC1. The van der Waals surface area contributed by atoms with Crippen molar-refractivity contribution in [3.63, 3.8) is 0 Å². The minimum Gasteiger partial charge on any atom is -0.466 e. The average Bonchev–Trinajstić information content (AvgIpc) is 2.14. The van der Waals surface area contributed by atoms with Crippen LogP contribution in [0.5, 0.6) is 0 Å². The Morgan fingerprint density at radius 1 is 1.47 bits per heavy atom. The number of carbonyl (C=O) groups excluding carboxylic acids is 1. The largest absolute Gasteiger partial charge is 0.466 e. The molecule has 0 aromatic carbocycles. The highest BCUT2D eigenvalue weighted by atomic mass is 16.5. The first kappa shape index (κ1) is 10.7. The molecule has 0 saturated heterocycles. The van der Waals surface area contributed by atoms with E-state index < -0.39 is 0 Å². The number of hydrogen-bond donors (Lipinski definition) is 0. The fourth-order valence-electron chi connectivity index (χ4n) is 2.42. The molecule has 3 heteroatoms. The number of carbonyl (C=O) groups is 1. The van der Waals surface area contributed by atoms with Crippen molar-refractivity contribution in [3.8, 4) is 0 Å². The summed E-state index contributed by atoms with van der Waals surface area (Å²) in [5, 5.41) is 0. The lowest BCUT2D eigenvalue weighted by Gasteiger charge is -2.35. The summed E-state index contributed by atoms with van der Waals surface area (Å²) in [6.45, 7) is 1.93. The van der Waals surface area contributed by atoms with Gasteiger partial charge in [0.25, 0.3) is 0 Å². The van der Waals surface area contributed by atoms with Gasteiger partial charge in [0.05, 0.1) is 7.11 Å². The Kier molecular flexibility index (Phi) is 3.10. The molecule has 1 aliphatic carbocycles. The van der Waals surface area contributed by atoms with E-state index in [0.29, 0.717) is 5.92 Å². The van der Waals surface area contributed by atoms with Crippen LogP contribution < -0.4 is 0 Å². The number of ether oxygens (including phenoxy) is 1. The summed E-state index contributed by atoms with van der Waals surface area (Å²) in [4.78, 5) is 13.9. The van der Waals surface area contributed by atoms with E-state index in [1.165, 1.54) is 31.9 Å². The van der Waals surface area contributed by atoms with E-state index in [1.807, 2.05) is 0 Å². The highest BCUT2D eigenvalue weighted by molar-refractivity contribution is 5.89. The fraction of sp³-hybridized carbons (Fsp3) is 0.750. The zero-order chi connectivity index (χ0) is 10.8. The van der Waals surface area contributed by atoms with Gasteiger partial charge in [-0.25, -0.2) is 4.79 Å². The van der Waals surface area contributed by atoms with E-state index in [-0.39, 0.29) is 5.97 Å². The molecule has 1 aliphatic heterocycles. The van der Waals surface area contributed by atoms with E-state index in [2.05, 4.69) is 11.9 Å². The van der Waals surface area contributed by atoms with E-state index >= 15 is 0 Å². The number of esters is 1. The molecule has 0 radical (unpaired) electrons. The molecule has 15 heavy (non-hydrogen) atoms. The molecule has 3 nitrogen and oxygen atoms in total. The first-order valence-electron chi connectivity index (χ1n) is 5.71. The van der Waals surface area contributed by atoms with Crippen LogP contribution in [0.25, 0.3) is 0 Å². The maximum absolute atomic E-state index is 11.6. The number of nitrogens with zero attached hydrogens (tertiary/aromatic N) is 1. The fourth-order valence-corrected chi connectivity index (χ4v) is 2.42. The Balaban J connectivity index is 2.21. The molecule has 0 unspecified atom stereocenters. The number of likely N-dealkylation sites (N-methyl/N-ethyl adjacent to an activating group) is 1. The van der Waals surface area contributed by atoms with Crippen molar-refractivity contribution in [1.82, 2.24) is 4.90 Å². The Labute approximate surface area is 91.1 Å². The normalized spacial score (nSPS) is 23.9. The monoisotopic (exact) mass is 209 g/mol. The molecule has 2 aliphatic rings. The molecule has 0 aromatic rings. The van der Waals surface area contributed by atoms with Crippen LogP contribution in [0.15, 0.2) is 11.1 Å². The Hall–Kier alpha value is -0.830. The van der Waals surface area contributed by atoms with Crippen LogP contribution in [0.2, 0.25) is 0 Å². The number of methoxy groups -OCH3 is 1. The molecule has 0 bridgehead atoms. The summed E-state index contributed by atoms with van der Waals surface area (Å²) < 4.78 is 4.86. The zero-order valence-electron chi connectivity index (χ0n) is 9.58. The number of hydrogen-bond acceptors (Lipinski definition) is 3. The number of rotatable bonds is 2.